The predicted molar refractivity (Wildman–Crippen MR) is 135 cm³/mol. The Labute approximate surface area is 205 Å². The van der Waals surface area contributed by atoms with E-state index in [4.69, 9.17) is 10.5 Å². The SMILES string of the molecule is Cc1ccc2c(c1)[C@@H](C)Oc1cc(cnc1N)-c1c(nn(C)c1C#N)CS(=O)(=NCC(C)(C)O)C2. The summed E-state index contributed by atoms with van der Waals surface area (Å²) in [6, 6.07) is 9.84. The third-order valence-electron chi connectivity index (χ3n) is 5.87. The van der Waals surface area contributed by atoms with Crippen molar-refractivity contribution < 1.29 is 14.1 Å². The average molecular weight is 495 g/mol. The highest BCUT2D eigenvalue weighted by Crippen LogP contribution is 2.36. The van der Waals surface area contributed by atoms with Crippen LogP contribution in [0.3, 0.4) is 0 Å². The number of anilines is 1. The number of nitrogens with zero attached hydrogens (tertiary/aromatic N) is 5. The molecule has 0 spiro atoms. The second-order valence-corrected chi connectivity index (χ2v) is 12.0. The summed E-state index contributed by atoms with van der Waals surface area (Å²) in [4.78, 5) is 4.30. The number of nitrogens with two attached hydrogens (primary N) is 1. The number of ether oxygens (including phenoxy) is 1. The maximum absolute atomic E-state index is 14.4. The smallest absolute Gasteiger partial charge is 0.166 e. The highest BCUT2D eigenvalue weighted by Gasteiger charge is 2.27. The van der Waals surface area contributed by atoms with Gasteiger partial charge in [-0.05, 0) is 44.9 Å². The van der Waals surface area contributed by atoms with Crippen LogP contribution in [-0.4, -0.2) is 36.2 Å². The highest BCUT2D eigenvalue weighted by molar-refractivity contribution is 7.92. The molecule has 0 fully saturated rings. The van der Waals surface area contributed by atoms with Gasteiger partial charge in [0, 0.05) is 24.4 Å². The molecule has 3 heterocycles. The summed E-state index contributed by atoms with van der Waals surface area (Å²) in [6.07, 6.45) is 1.15. The Morgan fingerprint density at radius 1 is 1.37 bits per heavy atom. The molecule has 9 nitrogen and oxygen atoms in total. The second-order valence-electron chi connectivity index (χ2n) is 9.64. The van der Waals surface area contributed by atoms with Crippen LogP contribution in [0.1, 0.15) is 55.0 Å². The Kier molecular flexibility index (Phi) is 6.34. The van der Waals surface area contributed by atoms with E-state index < -0.39 is 21.4 Å². The molecule has 0 saturated heterocycles. The Bertz CT molecular complexity index is 1460. The number of aliphatic hydroxyl groups is 1. The average Bonchev–Trinajstić information content (AvgIpc) is 3.08. The molecule has 184 valence electrons. The predicted octanol–water partition coefficient (Wildman–Crippen LogP) is 3.64. The number of pyridine rings is 1. The zero-order valence-corrected chi connectivity index (χ0v) is 21.4. The quantitative estimate of drug-likeness (QED) is 0.554. The number of aromatic nitrogens is 3. The van der Waals surface area contributed by atoms with Gasteiger partial charge >= 0.3 is 0 Å². The molecule has 10 heteroatoms. The van der Waals surface area contributed by atoms with Crippen molar-refractivity contribution in [3.63, 3.8) is 0 Å². The van der Waals surface area contributed by atoms with Gasteiger partial charge in [0.15, 0.2) is 11.6 Å². The van der Waals surface area contributed by atoms with Gasteiger partial charge in [-0.2, -0.15) is 10.4 Å². The van der Waals surface area contributed by atoms with Crippen LogP contribution >= 0.6 is 0 Å². The molecule has 1 aliphatic rings. The van der Waals surface area contributed by atoms with Crippen LogP contribution in [0.5, 0.6) is 5.75 Å². The minimum Gasteiger partial charge on any atom is -0.482 e. The van der Waals surface area contributed by atoms with Crippen molar-refractivity contribution in [2.75, 3.05) is 12.3 Å². The number of nitrogen functional groups attached to an aromatic ring is 1. The van der Waals surface area contributed by atoms with Gasteiger partial charge in [0.1, 0.15) is 17.9 Å². The molecule has 0 radical (unpaired) electrons. The van der Waals surface area contributed by atoms with E-state index in [1.807, 2.05) is 32.0 Å². The van der Waals surface area contributed by atoms with Crippen molar-refractivity contribution in [1.29, 1.82) is 5.26 Å². The fourth-order valence-electron chi connectivity index (χ4n) is 4.15. The summed E-state index contributed by atoms with van der Waals surface area (Å²) in [5, 5.41) is 24.7. The lowest BCUT2D eigenvalue weighted by atomic mass is 10.0. The first-order chi connectivity index (χ1) is 16.4. The van der Waals surface area contributed by atoms with E-state index in [1.165, 1.54) is 4.68 Å². The van der Waals surface area contributed by atoms with Crippen molar-refractivity contribution in [2.24, 2.45) is 11.4 Å². The number of nitriles is 1. The van der Waals surface area contributed by atoms with Crippen LogP contribution in [0, 0.1) is 18.3 Å². The number of benzene rings is 1. The van der Waals surface area contributed by atoms with Gasteiger partial charge in [-0.3, -0.25) is 4.68 Å². The lowest BCUT2D eigenvalue weighted by molar-refractivity contribution is 0.0908. The Morgan fingerprint density at radius 2 is 2.11 bits per heavy atom. The standard InChI is InChI=1S/C25H30N6O3S/c1-15-6-7-17-12-35(33,29-14-25(3,4)32)13-20-23(21(10-26)31(5)30-20)18-9-22(24(27)28-11-18)34-16(2)19(17)8-15/h6-9,11,16,32H,12-14H2,1-5H3,(H2,27,28)/t16-,35?/m1/s1. The largest absolute Gasteiger partial charge is 0.482 e. The van der Waals surface area contributed by atoms with Crippen molar-refractivity contribution in [3.05, 3.63) is 58.5 Å². The number of aryl methyl sites for hydroxylation is 2. The normalized spacial score (nSPS) is 19.9. The molecule has 2 atom stereocenters. The van der Waals surface area contributed by atoms with E-state index in [1.54, 1.807) is 33.2 Å². The zero-order chi connectivity index (χ0) is 25.5. The van der Waals surface area contributed by atoms with Crippen LogP contribution in [0.2, 0.25) is 0 Å². The van der Waals surface area contributed by atoms with Gasteiger partial charge in [0.25, 0.3) is 0 Å². The van der Waals surface area contributed by atoms with Gasteiger partial charge < -0.3 is 15.6 Å². The van der Waals surface area contributed by atoms with Crippen LogP contribution in [-0.2, 0) is 28.3 Å². The second kappa shape index (κ2) is 8.98. The van der Waals surface area contributed by atoms with Crippen molar-refractivity contribution in [2.45, 2.75) is 50.9 Å². The minimum absolute atomic E-state index is 0.0000696. The van der Waals surface area contributed by atoms with Gasteiger partial charge in [0.05, 0.1) is 39.1 Å². The summed E-state index contributed by atoms with van der Waals surface area (Å²) in [6.45, 7) is 7.15. The summed E-state index contributed by atoms with van der Waals surface area (Å²) >= 11 is 0. The third-order valence-corrected chi connectivity index (χ3v) is 7.96. The highest BCUT2D eigenvalue weighted by atomic mass is 32.2. The van der Waals surface area contributed by atoms with Crippen LogP contribution in [0.4, 0.5) is 5.82 Å². The molecule has 1 unspecified atom stereocenters. The Hall–Kier alpha value is -3.42. The van der Waals surface area contributed by atoms with Gasteiger partial charge in [-0.1, -0.05) is 23.8 Å². The third kappa shape index (κ3) is 5.16. The van der Waals surface area contributed by atoms with Crippen LogP contribution < -0.4 is 10.5 Å². The summed E-state index contributed by atoms with van der Waals surface area (Å²) in [7, 11) is -1.28. The van der Waals surface area contributed by atoms with E-state index >= 15 is 0 Å². The molecule has 0 saturated carbocycles. The molecule has 35 heavy (non-hydrogen) atoms. The first-order valence-electron chi connectivity index (χ1n) is 11.3. The van der Waals surface area contributed by atoms with E-state index in [-0.39, 0.29) is 23.9 Å². The Balaban J connectivity index is 2.02. The maximum Gasteiger partial charge on any atom is 0.166 e. The molecule has 1 aromatic carbocycles. The van der Waals surface area contributed by atoms with E-state index in [0.717, 1.165) is 16.7 Å². The zero-order valence-electron chi connectivity index (χ0n) is 20.6. The molecule has 0 aliphatic carbocycles. The van der Waals surface area contributed by atoms with Gasteiger partial charge in [-0.25, -0.2) is 13.6 Å². The molecule has 3 N–H and O–H groups in total. The Morgan fingerprint density at radius 3 is 2.80 bits per heavy atom. The maximum atomic E-state index is 14.4. The molecular formula is C25H30N6O3S. The first-order valence-corrected chi connectivity index (χ1v) is 13.1. The monoisotopic (exact) mass is 494 g/mol. The topological polar surface area (TPSA) is 139 Å². The van der Waals surface area contributed by atoms with Gasteiger partial charge in [0.2, 0.25) is 0 Å². The number of hydrogen-bond donors (Lipinski definition) is 2. The molecular weight excluding hydrogens is 464 g/mol. The molecule has 2 aromatic heterocycles. The summed E-state index contributed by atoms with van der Waals surface area (Å²) < 4.78 is 26.7. The fraction of sp³-hybridized carbons (Fsp3) is 0.400. The lowest BCUT2D eigenvalue weighted by Gasteiger charge is -2.23. The van der Waals surface area contributed by atoms with Crippen molar-refractivity contribution >= 4 is 15.5 Å². The van der Waals surface area contributed by atoms with Crippen molar-refractivity contribution in [3.8, 4) is 22.9 Å². The van der Waals surface area contributed by atoms with Gasteiger partial charge in [-0.15, -0.1) is 0 Å². The molecule has 4 rings (SSSR count). The minimum atomic E-state index is -2.95. The van der Waals surface area contributed by atoms with E-state index in [2.05, 4.69) is 20.5 Å². The number of rotatable bonds is 2. The molecule has 0 amide bonds. The first kappa shape index (κ1) is 24.7. The fourth-order valence-corrected chi connectivity index (χ4v) is 6.37. The number of hydrogen-bond acceptors (Lipinski definition) is 8. The van der Waals surface area contributed by atoms with Crippen LogP contribution in [0.15, 0.2) is 34.8 Å². The summed E-state index contributed by atoms with van der Waals surface area (Å²) in [5.74, 6) is 0.788. The summed E-state index contributed by atoms with van der Waals surface area (Å²) in [5.41, 5.74) is 9.65. The lowest BCUT2D eigenvalue weighted by Crippen LogP contribution is -2.24. The van der Waals surface area contributed by atoms with E-state index in [0.29, 0.717) is 28.3 Å². The van der Waals surface area contributed by atoms with Crippen molar-refractivity contribution in [1.82, 2.24) is 14.8 Å². The molecule has 1 aliphatic heterocycles. The molecule has 3 aromatic rings. The van der Waals surface area contributed by atoms with Crippen LogP contribution in [0.25, 0.3) is 11.1 Å². The van der Waals surface area contributed by atoms with E-state index in [9.17, 15) is 14.6 Å². The molecule has 2 bridgehead atoms. The number of fused-ring (bicyclic) bond motifs is 5.